The molecule has 3 rings (SSSR count). The number of Topliss-reactive ketones (excluding diaryl/α,β-unsaturated/α-hetero) is 1. The molecule has 1 atom stereocenters. The zero-order chi connectivity index (χ0) is 16.6. The number of rotatable bonds is 4. The van der Waals surface area contributed by atoms with E-state index in [0.29, 0.717) is 5.56 Å². The number of phenolic OH excluding ortho intramolecular Hbond substituents is 1. The quantitative estimate of drug-likeness (QED) is 0.895. The van der Waals surface area contributed by atoms with Gasteiger partial charge in [0, 0.05) is 12.5 Å². The molecule has 2 N–H and O–H groups in total. The molecule has 1 aliphatic carbocycles. The highest BCUT2D eigenvalue weighted by Crippen LogP contribution is 2.43. The van der Waals surface area contributed by atoms with E-state index in [0.717, 1.165) is 25.7 Å². The van der Waals surface area contributed by atoms with Gasteiger partial charge < -0.3 is 15.1 Å². The lowest BCUT2D eigenvalue weighted by molar-refractivity contribution is -0.131. The highest BCUT2D eigenvalue weighted by Gasteiger charge is 2.46. The van der Waals surface area contributed by atoms with E-state index in [4.69, 9.17) is 0 Å². The van der Waals surface area contributed by atoms with Crippen LogP contribution in [0, 0.1) is 0 Å². The monoisotopic (exact) mass is 315 g/mol. The lowest BCUT2D eigenvalue weighted by atomic mass is 9.94. The summed E-state index contributed by atoms with van der Waals surface area (Å²) in [7, 11) is 0. The summed E-state index contributed by atoms with van der Waals surface area (Å²) in [5, 5.41) is 20.1. The van der Waals surface area contributed by atoms with Gasteiger partial charge in [0.1, 0.15) is 5.75 Å². The van der Waals surface area contributed by atoms with Crippen molar-refractivity contribution in [1.82, 2.24) is 4.90 Å². The van der Waals surface area contributed by atoms with Crippen LogP contribution < -0.4 is 0 Å². The summed E-state index contributed by atoms with van der Waals surface area (Å²) in [6.45, 7) is 1.71. The van der Waals surface area contributed by atoms with Crippen molar-refractivity contribution in [3.05, 3.63) is 41.2 Å². The van der Waals surface area contributed by atoms with Crippen LogP contribution in [0.3, 0.4) is 0 Å². The second-order valence-corrected chi connectivity index (χ2v) is 6.19. The highest BCUT2D eigenvalue weighted by atomic mass is 16.3. The maximum atomic E-state index is 12.6. The Morgan fingerprint density at radius 2 is 1.96 bits per heavy atom. The number of ketones is 1. The Balaban J connectivity index is 2.10. The standard InChI is InChI=1S/C18H21NO4/c1-2-14(21)15-16(11-6-5-9-13(20)10-11)19(18(23)17(15)22)12-7-3-4-8-12/h5-6,9-10,12,16,20,22H,2-4,7-8H2,1H3. The van der Waals surface area contributed by atoms with Gasteiger partial charge in [0.2, 0.25) is 0 Å². The number of carbonyl (C=O) groups excluding carboxylic acids is 2. The predicted octanol–water partition coefficient (Wildman–Crippen LogP) is 3.01. The van der Waals surface area contributed by atoms with Gasteiger partial charge in [-0.3, -0.25) is 9.59 Å². The number of amides is 1. The smallest absolute Gasteiger partial charge is 0.290 e. The number of aliphatic hydroxyl groups is 1. The fraction of sp³-hybridized carbons (Fsp3) is 0.444. The van der Waals surface area contributed by atoms with Crippen molar-refractivity contribution in [3.8, 4) is 5.75 Å². The van der Waals surface area contributed by atoms with Crippen molar-refractivity contribution in [2.75, 3.05) is 0 Å². The SMILES string of the molecule is CCC(=O)C1=C(O)C(=O)N(C2CCCC2)C1c1cccc(O)c1. The van der Waals surface area contributed by atoms with E-state index >= 15 is 0 Å². The number of hydrogen-bond donors (Lipinski definition) is 2. The lowest BCUT2D eigenvalue weighted by Crippen LogP contribution is -2.38. The molecular formula is C18H21NO4. The molecule has 1 aromatic rings. The average Bonchev–Trinajstić information content (AvgIpc) is 3.14. The number of phenols is 1. The minimum absolute atomic E-state index is 0.0270. The van der Waals surface area contributed by atoms with Gasteiger partial charge >= 0.3 is 0 Å². The van der Waals surface area contributed by atoms with E-state index in [1.807, 2.05) is 0 Å². The number of aliphatic hydroxyl groups excluding tert-OH is 1. The molecule has 1 aliphatic heterocycles. The highest BCUT2D eigenvalue weighted by molar-refractivity contribution is 6.09. The van der Waals surface area contributed by atoms with Gasteiger partial charge in [0.05, 0.1) is 11.6 Å². The summed E-state index contributed by atoms with van der Waals surface area (Å²) in [5.41, 5.74) is 0.820. The van der Waals surface area contributed by atoms with E-state index in [1.54, 1.807) is 36.1 Å². The molecule has 0 spiro atoms. The van der Waals surface area contributed by atoms with Crippen LogP contribution in [0.15, 0.2) is 35.6 Å². The molecule has 1 fully saturated rings. The number of benzene rings is 1. The van der Waals surface area contributed by atoms with Crippen LogP contribution in [0.25, 0.3) is 0 Å². The van der Waals surface area contributed by atoms with Crippen molar-refractivity contribution in [2.45, 2.75) is 51.1 Å². The van der Waals surface area contributed by atoms with Gasteiger partial charge in [-0.05, 0) is 30.5 Å². The molecular weight excluding hydrogens is 294 g/mol. The van der Waals surface area contributed by atoms with E-state index in [1.165, 1.54) is 0 Å². The first-order valence-corrected chi connectivity index (χ1v) is 8.12. The fourth-order valence-electron chi connectivity index (χ4n) is 3.68. The van der Waals surface area contributed by atoms with Gasteiger partial charge in [0.25, 0.3) is 5.91 Å². The molecule has 0 aromatic heterocycles. The molecule has 5 heteroatoms. The Hall–Kier alpha value is -2.30. The molecule has 1 unspecified atom stereocenters. The van der Waals surface area contributed by atoms with Gasteiger partial charge in [-0.25, -0.2) is 0 Å². The molecule has 122 valence electrons. The Kier molecular flexibility index (Phi) is 4.11. The molecule has 1 saturated carbocycles. The summed E-state index contributed by atoms with van der Waals surface area (Å²) in [6, 6.07) is 5.99. The number of hydrogen-bond acceptors (Lipinski definition) is 4. The minimum atomic E-state index is -0.606. The third-order valence-corrected chi connectivity index (χ3v) is 4.77. The van der Waals surface area contributed by atoms with Gasteiger partial charge in [-0.15, -0.1) is 0 Å². The first kappa shape index (κ1) is 15.6. The van der Waals surface area contributed by atoms with Crippen LogP contribution in [0.2, 0.25) is 0 Å². The Bertz CT molecular complexity index is 673. The largest absolute Gasteiger partial charge is 0.508 e. The van der Waals surface area contributed by atoms with E-state index < -0.39 is 17.7 Å². The molecule has 0 bridgehead atoms. The summed E-state index contributed by atoms with van der Waals surface area (Å²) >= 11 is 0. The Morgan fingerprint density at radius 3 is 2.57 bits per heavy atom. The van der Waals surface area contributed by atoms with Gasteiger partial charge in [0.15, 0.2) is 11.5 Å². The molecule has 23 heavy (non-hydrogen) atoms. The maximum absolute atomic E-state index is 12.6. The lowest BCUT2D eigenvalue weighted by Gasteiger charge is -2.32. The van der Waals surface area contributed by atoms with Crippen molar-refractivity contribution in [2.24, 2.45) is 0 Å². The fourth-order valence-corrected chi connectivity index (χ4v) is 3.68. The van der Waals surface area contributed by atoms with Crippen LogP contribution in [-0.2, 0) is 9.59 Å². The van der Waals surface area contributed by atoms with Crippen molar-refractivity contribution >= 4 is 11.7 Å². The van der Waals surface area contributed by atoms with Crippen LogP contribution in [0.4, 0.5) is 0 Å². The summed E-state index contributed by atoms with van der Waals surface area (Å²) < 4.78 is 0. The van der Waals surface area contributed by atoms with Gasteiger partial charge in [-0.2, -0.15) is 0 Å². The van der Waals surface area contributed by atoms with Crippen molar-refractivity contribution in [3.63, 3.8) is 0 Å². The molecule has 0 saturated heterocycles. The Labute approximate surface area is 135 Å². The summed E-state index contributed by atoms with van der Waals surface area (Å²) in [4.78, 5) is 26.6. The van der Waals surface area contributed by atoms with Crippen molar-refractivity contribution in [1.29, 1.82) is 0 Å². The number of aromatic hydroxyl groups is 1. The molecule has 1 aromatic carbocycles. The summed E-state index contributed by atoms with van der Waals surface area (Å²) in [6.07, 6.45) is 4.06. The molecule has 5 nitrogen and oxygen atoms in total. The van der Waals surface area contributed by atoms with Crippen LogP contribution in [0.1, 0.15) is 50.6 Å². The van der Waals surface area contributed by atoms with Crippen LogP contribution in [0.5, 0.6) is 5.75 Å². The van der Waals surface area contributed by atoms with E-state index in [9.17, 15) is 19.8 Å². The summed E-state index contributed by atoms with van der Waals surface area (Å²) in [5.74, 6) is -1.06. The van der Waals surface area contributed by atoms with Gasteiger partial charge in [-0.1, -0.05) is 31.9 Å². The van der Waals surface area contributed by atoms with Crippen LogP contribution >= 0.6 is 0 Å². The zero-order valence-electron chi connectivity index (χ0n) is 13.2. The van der Waals surface area contributed by atoms with E-state index in [2.05, 4.69) is 0 Å². The van der Waals surface area contributed by atoms with Crippen LogP contribution in [-0.4, -0.2) is 32.8 Å². The molecule has 1 amide bonds. The molecule has 1 heterocycles. The zero-order valence-corrected chi connectivity index (χ0v) is 13.2. The Morgan fingerprint density at radius 1 is 1.26 bits per heavy atom. The first-order chi connectivity index (χ1) is 11.0. The number of nitrogens with zero attached hydrogens (tertiary/aromatic N) is 1. The number of carbonyl (C=O) groups is 2. The normalized spacial score (nSPS) is 22.2. The predicted molar refractivity (Wildman–Crippen MR) is 84.9 cm³/mol. The second-order valence-electron chi connectivity index (χ2n) is 6.19. The topological polar surface area (TPSA) is 77.8 Å². The minimum Gasteiger partial charge on any atom is -0.508 e. The third kappa shape index (κ3) is 2.60. The maximum Gasteiger partial charge on any atom is 0.290 e. The first-order valence-electron chi connectivity index (χ1n) is 8.12. The third-order valence-electron chi connectivity index (χ3n) is 4.77. The molecule has 2 aliphatic rings. The molecule has 0 radical (unpaired) electrons. The van der Waals surface area contributed by atoms with E-state index in [-0.39, 0.29) is 29.6 Å². The second kappa shape index (κ2) is 6.07. The van der Waals surface area contributed by atoms with Crippen molar-refractivity contribution < 1.29 is 19.8 Å². The average molecular weight is 315 g/mol.